The van der Waals surface area contributed by atoms with Gasteiger partial charge < -0.3 is 10.4 Å². The highest BCUT2D eigenvalue weighted by molar-refractivity contribution is 4.91. The van der Waals surface area contributed by atoms with E-state index in [-0.39, 0.29) is 0 Å². The zero-order valence-corrected chi connectivity index (χ0v) is 5.93. The lowest BCUT2D eigenvalue weighted by atomic mass is 10.2. The van der Waals surface area contributed by atoms with Crippen LogP contribution in [0.25, 0.3) is 0 Å². The first-order valence-electron chi connectivity index (χ1n) is 3.66. The fourth-order valence-electron chi connectivity index (χ4n) is 1.27. The molecule has 2 nitrogen and oxygen atoms in total. The molecule has 0 heterocycles. The van der Waals surface area contributed by atoms with Crippen LogP contribution in [0.1, 0.15) is 19.3 Å². The van der Waals surface area contributed by atoms with Crippen molar-refractivity contribution in [2.75, 3.05) is 13.7 Å². The number of nitrogens with one attached hydrogen (secondary N) is 1. The van der Waals surface area contributed by atoms with Crippen molar-refractivity contribution < 1.29 is 5.11 Å². The Morgan fingerprint density at radius 3 is 2.89 bits per heavy atom. The van der Waals surface area contributed by atoms with Crippen LogP contribution in [-0.2, 0) is 0 Å². The van der Waals surface area contributed by atoms with Crippen LogP contribution in [0.2, 0.25) is 0 Å². The molecule has 1 rings (SSSR count). The molecule has 0 amide bonds. The summed E-state index contributed by atoms with van der Waals surface area (Å²) in [4.78, 5) is 0. The second-order valence-corrected chi connectivity index (χ2v) is 2.76. The largest absolute Gasteiger partial charge is 0.396 e. The van der Waals surface area contributed by atoms with Gasteiger partial charge in [-0.1, -0.05) is 0 Å². The maximum Gasteiger partial charge on any atom is 0.0431 e. The number of aliphatic hydroxyl groups is 1. The summed E-state index contributed by atoms with van der Waals surface area (Å²) in [5, 5.41) is 11.7. The Morgan fingerprint density at radius 2 is 2.44 bits per heavy atom. The van der Waals surface area contributed by atoms with Gasteiger partial charge in [0.1, 0.15) is 0 Å². The standard InChI is InChI=1S/C7H15NO/c1-8-7-5-6(7)3-2-4-9/h6-9H,2-5H2,1H3. The monoisotopic (exact) mass is 129 g/mol. The van der Waals surface area contributed by atoms with Gasteiger partial charge in [0.05, 0.1) is 0 Å². The van der Waals surface area contributed by atoms with Gasteiger partial charge in [0.25, 0.3) is 0 Å². The zero-order chi connectivity index (χ0) is 6.69. The first-order valence-corrected chi connectivity index (χ1v) is 3.66. The van der Waals surface area contributed by atoms with Crippen molar-refractivity contribution in [3.63, 3.8) is 0 Å². The van der Waals surface area contributed by atoms with Gasteiger partial charge in [-0.3, -0.25) is 0 Å². The lowest BCUT2D eigenvalue weighted by Gasteiger charge is -1.94. The van der Waals surface area contributed by atoms with Crippen LogP contribution in [-0.4, -0.2) is 24.8 Å². The minimum absolute atomic E-state index is 0.354. The van der Waals surface area contributed by atoms with Gasteiger partial charge in [-0.05, 0) is 32.2 Å². The quantitative estimate of drug-likeness (QED) is 0.574. The van der Waals surface area contributed by atoms with E-state index in [9.17, 15) is 0 Å². The Hall–Kier alpha value is -0.0800. The predicted molar refractivity (Wildman–Crippen MR) is 37.3 cm³/mol. The minimum Gasteiger partial charge on any atom is -0.396 e. The van der Waals surface area contributed by atoms with E-state index in [4.69, 9.17) is 5.11 Å². The van der Waals surface area contributed by atoms with Gasteiger partial charge in [0, 0.05) is 12.6 Å². The molecule has 1 fully saturated rings. The number of hydrogen-bond donors (Lipinski definition) is 2. The van der Waals surface area contributed by atoms with Crippen LogP contribution in [0.4, 0.5) is 0 Å². The van der Waals surface area contributed by atoms with E-state index < -0.39 is 0 Å². The summed E-state index contributed by atoms with van der Waals surface area (Å²) < 4.78 is 0. The van der Waals surface area contributed by atoms with E-state index in [1.54, 1.807) is 0 Å². The Labute approximate surface area is 56.3 Å². The Bertz CT molecular complexity index is 85.0. The van der Waals surface area contributed by atoms with Crippen LogP contribution in [0.5, 0.6) is 0 Å². The molecule has 54 valence electrons. The van der Waals surface area contributed by atoms with E-state index in [1.165, 1.54) is 12.8 Å². The normalized spacial score (nSPS) is 32.7. The highest BCUT2D eigenvalue weighted by Crippen LogP contribution is 2.33. The summed E-state index contributed by atoms with van der Waals surface area (Å²) in [5.74, 6) is 0.863. The van der Waals surface area contributed by atoms with Gasteiger partial charge in [0.2, 0.25) is 0 Å². The maximum absolute atomic E-state index is 8.48. The molecule has 0 aromatic carbocycles. The molecule has 0 radical (unpaired) electrons. The molecule has 0 saturated heterocycles. The molecule has 1 saturated carbocycles. The summed E-state index contributed by atoms with van der Waals surface area (Å²) in [6.07, 6.45) is 3.49. The zero-order valence-electron chi connectivity index (χ0n) is 5.93. The fraction of sp³-hybridized carbons (Fsp3) is 1.00. The van der Waals surface area contributed by atoms with E-state index in [0.29, 0.717) is 6.61 Å². The van der Waals surface area contributed by atoms with E-state index in [0.717, 1.165) is 18.4 Å². The average molecular weight is 129 g/mol. The minimum atomic E-state index is 0.354. The smallest absolute Gasteiger partial charge is 0.0431 e. The molecule has 0 bridgehead atoms. The van der Waals surface area contributed by atoms with Crippen LogP contribution in [0, 0.1) is 5.92 Å². The second-order valence-electron chi connectivity index (χ2n) is 2.76. The van der Waals surface area contributed by atoms with Gasteiger partial charge in [-0.2, -0.15) is 0 Å². The first-order chi connectivity index (χ1) is 4.38. The molecule has 9 heavy (non-hydrogen) atoms. The number of aliphatic hydroxyl groups excluding tert-OH is 1. The molecule has 2 unspecified atom stereocenters. The average Bonchev–Trinajstić information content (AvgIpc) is 2.62. The summed E-state index contributed by atoms with van der Waals surface area (Å²) in [5.41, 5.74) is 0. The first kappa shape index (κ1) is 7.03. The van der Waals surface area contributed by atoms with Crippen molar-refractivity contribution in [3.05, 3.63) is 0 Å². The van der Waals surface area contributed by atoms with Crippen LogP contribution in [0.3, 0.4) is 0 Å². The van der Waals surface area contributed by atoms with Crippen molar-refractivity contribution in [3.8, 4) is 0 Å². The molecule has 2 N–H and O–H groups in total. The molecule has 2 heteroatoms. The molecule has 0 aromatic rings. The Morgan fingerprint density at radius 1 is 1.67 bits per heavy atom. The molecule has 1 aliphatic carbocycles. The molecule has 0 aliphatic heterocycles. The van der Waals surface area contributed by atoms with Crippen LogP contribution in [0.15, 0.2) is 0 Å². The van der Waals surface area contributed by atoms with Crippen LogP contribution >= 0.6 is 0 Å². The lowest BCUT2D eigenvalue weighted by Crippen LogP contribution is -2.10. The van der Waals surface area contributed by atoms with Crippen molar-refractivity contribution in [1.82, 2.24) is 5.32 Å². The SMILES string of the molecule is CNC1CC1CCCO. The van der Waals surface area contributed by atoms with E-state index >= 15 is 0 Å². The Kier molecular flexibility index (Phi) is 2.49. The van der Waals surface area contributed by atoms with Gasteiger partial charge in [-0.15, -0.1) is 0 Å². The second kappa shape index (κ2) is 3.18. The van der Waals surface area contributed by atoms with Gasteiger partial charge >= 0.3 is 0 Å². The molecular weight excluding hydrogens is 114 g/mol. The summed E-state index contributed by atoms with van der Waals surface area (Å²) in [7, 11) is 2.00. The third kappa shape index (κ3) is 1.95. The fourth-order valence-corrected chi connectivity index (χ4v) is 1.27. The molecule has 0 spiro atoms. The molecule has 0 aromatic heterocycles. The Balaban J connectivity index is 1.92. The van der Waals surface area contributed by atoms with E-state index in [2.05, 4.69) is 5.32 Å². The molecular formula is C7H15NO. The van der Waals surface area contributed by atoms with Crippen molar-refractivity contribution in [2.24, 2.45) is 5.92 Å². The predicted octanol–water partition coefficient (Wildman–Crippen LogP) is 0.367. The highest BCUT2D eigenvalue weighted by atomic mass is 16.2. The third-order valence-corrected chi connectivity index (χ3v) is 2.03. The summed E-state index contributed by atoms with van der Waals surface area (Å²) in [6, 6.07) is 0.761. The summed E-state index contributed by atoms with van der Waals surface area (Å²) in [6.45, 7) is 0.354. The third-order valence-electron chi connectivity index (χ3n) is 2.03. The van der Waals surface area contributed by atoms with Crippen molar-refractivity contribution in [1.29, 1.82) is 0 Å². The van der Waals surface area contributed by atoms with E-state index in [1.807, 2.05) is 7.05 Å². The van der Waals surface area contributed by atoms with Crippen molar-refractivity contribution in [2.45, 2.75) is 25.3 Å². The van der Waals surface area contributed by atoms with Crippen molar-refractivity contribution >= 4 is 0 Å². The van der Waals surface area contributed by atoms with Crippen LogP contribution < -0.4 is 5.32 Å². The molecule has 2 atom stereocenters. The van der Waals surface area contributed by atoms with Gasteiger partial charge in [0.15, 0.2) is 0 Å². The molecule has 1 aliphatic rings. The lowest BCUT2D eigenvalue weighted by molar-refractivity contribution is 0.280. The topological polar surface area (TPSA) is 32.3 Å². The number of rotatable bonds is 4. The summed E-state index contributed by atoms with van der Waals surface area (Å²) >= 11 is 0. The van der Waals surface area contributed by atoms with Gasteiger partial charge in [-0.25, -0.2) is 0 Å². The highest BCUT2D eigenvalue weighted by Gasteiger charge is 2.34. The maximum atomic E-state index is 8.48. The number of hydrogen-bond acceptors (Lipinski definition) is 2.